The fourth-order valence-electron chi connectivity index (χ4n) is 2.22. The number of benzene rings is 2. The van der Waals surface area contributed by atoms with Crippen LogP contribution in [0.1, 0.15) is 28.9 Å². The molecule has 1 unspecified atom stereocenters. The van der Waals surface area contributed by atoms with Crippen LogP contribution < -0.4 is 10.6 Å². The van der Waals surface area contributed by atoms with Crippen molar-refractivity contribution in [2.75, 3.05) is 6.54 Å². The topological polar surface area (TPSA) is 101 Å². The van der Waals surface area contributed by atoms with Gasteiger partial charge in [0.15, 0.2) is 0 Å². The number of hydrogen-bond donors (Lipinski definition) is 2. The number of amides is 2. The van der Waals surface area contributed by atoms with Gasteiger partial charge in [0.05, 0.1) is 17.5 Å². The number of rotatable bonds is 6. The molecule has 0 radical (unpaired) electrons. The Labute approximate surface area is 152 Å². The van der Waals surface area contributed by atoms with Gasteiger partial charge in [0.25, 0.3) is 11.6 Å². The molecule has 2 aromatic carbocycles. The van der Waals surface area contributed by atoms with Crippen LogP contribution in [0.4, 0.5) is 5.69 Å². The van der Waals surface area contributed by atoms with E-state index in [9.17, 15) is 19.7 Å². The summed E-state index contributed by atoms with van der Waals surface area (Å²) in [6.07, 6.45) is 0. The van der Waals surface area contributed by atoms with E-state index in [1.165, 1.54) is 18.2 Å². The zero-order chi connectivity index (χ0) is 18.4. The van der Waals surface area contributed by atoms with Crippen LogP contribution >= 0.6 is 15.9 Å². The molecule has 0 aliphatic rings. The highest BCUT2D eigenvalue weighted by Crippen LogP contribution is 2.22. The summed E-state index contributed by atoms with van der Waals surface area (Å²) in [6.45, 7) is 1.61. The van der Waals surface area contributed by atoms with Gasteiger partial charge in [-0.3, -0.25) is 19.7 Å². The Balaban J connectivity index is 1.91. The largest absolute Gasteiger partial charge is 0.348 e. The standard InChI is InChI=1S/C17H16BrN3O4/c1-11(14-7-2-3-8-15(14)18)20-16(22)10-19-17(23)12-5-4-6-13(9-12)21(24)25/h2-9,11H,10H2,1H3,(H,19,23)(H,20,22). The maximum atomic E-state index is 12.0. The molecule has 0 saturated heterocycles. The summed E-state index contributed by atoms with van der Waals surface area (Å²) < 4.78 is 0.878. The predicted octanol–water partition coefficient (Wildman–Crippen LogP) is 2.96. The second-order valence-corrected chi connectivity index (χ2v) is 6.16. The van der Waals surface area contributed by atoms with Gasteiger partial charge < -0.3 is 10.6 Å². The van der Waals surface area contributed by atoms with Gasteiger partial charge >= 0.3 is 0 Å². The van der Waals surface area contributed by atoms with Crippen molar-refractivity contribution in [1.29, 1.82) is 0 Å². The first kappa shape index (κ1) is 18.6. The Morgan fingerprint density at radius 2 is 1.92 bits per heavy atom. The van der Waals surface area contributed by atoms with E-state index in [0.29, 0.717) is 0 Å². The molecule has 0 spiro atoms. The van der Waals surface area contributed by atoms with Crippen LogP contribution in [0.25, 0.3) is 0 Å². The molecule has 0 aliphatic heterocycles. The van der Waals surface area contributed by atoms with E-state index in [2.05, 4.69) is 26.6 Å². The van der Waals surface area contributed by atoms with E-state index in [1.54, 1.807) is 0 Å². The molecular weight excluding hydrogens is 390 g/mol. The molecule has 0 fully saturated rings. The lowest BCUT2D eigenvalue weighted by Gasteiger charge is -2.16. The van der Waals surface area contributed by atoms with Gasteiger partial charge in [-0.2, -0.15) is 0 Å². The van der Waals surface area contributed by atoms with E-state index in [-0.39, 0.29) is 29.7 Å². The van der Waals surface area contributed by atoms with Crippen LogP contribution in [-0.4, -0.2) is 23.3 Å². The summed E-state index contributed by atoms with van der Waals surface area (Å²) >= 11 is 3.42. The van der Waals surface area contributed by atoms with Crippen molar-refractivity contribution in [3.63, 3.8) is 0 Å². The number of non-ortho nitro benzene ring substituents is 1. The number of nitro groups is 1. The minimum absolute atomic E-state index is 0.126. The van der Waals surface area contributed by atoms with E-state index in [1.807, 2.05) is 31.2 Å². The Kier molecular flexibility index (Phi) is 6.24. The van der Waals surface area contributed by atoms with E-state index >= 15 is 0 Å². The SMILES string of the molecule is CC(NC(=O)CNC(=O)c1cccc([N+](=O)[O-])c1)c1ccccc1Br. The summed E-state index contributed by atoms with van der Waals surface area (Å²) in [4.78, 5) is 34.2. The molecule has 7 nitrogen and oxygen atoms in total. The lowest BCUT2D eigenvalue weighted by molar-refractivity contribution is -0.384. The molecule has 0 aromatic heterocycles. The van der Waals surface area contributed by atoms with Gasteiger partial charge in [-0.25, -0.2) is 0 Å². The monoisotopic (exact) mass is 405 g/mol. The molecule has 8 heteroatoms. The van der Waals surface area contributed by atoms with Crippen molar-refractivity contribution >= 4 is 33.4 Å². The molecule has 2 N–H and O–H groups in total. The molecule has 130 valence electrons. The Hall–Kier alpha value is -2.74. The molecule has 2 aromatic rings. The van der Waals surface area contributed by atoms with Crippen LogP contribution in [0.2, 0.25) is 0 Å². The third-order valence-electron chi connectivity index (χ3n) is 3.48. The third kappa shape index (κ3) is 5.12. The zero-order valence-electron chi connectivity index (χ0n) is 13.4. The minimum atomic E-state index is -0.580. The van der Waals surface area contributed by atoms with E-state index in [4.69, 9.17) is 0 Å². The highest BCUT2D eigenvalue weighted by Gasteiger charge is 2.15. The molecule has 1 atom stereocenters. The number of nitro benzene ring substituents is 1. The smallest absolute Gasteiger partial charge is 0.270 e. The summed E-state index contributed by atoms with van der Waals surface area (Å²) in [5.41, 5.74) is 0.862. The second-order valence-electron chi connectivity index (χ2n) is 5.30. The van der Waals surface area contributed by atoms with Gasteiger partial charge in [-0.15, -0.1) is 0 Å². The van der Waals surface area contributed by atoms with Crippen LogP contribution in [0.15, 0.2) is 53.0 Å². The first-order valence-corrected chi connectivity index (χ1v) is 8.24. The number of carbonyl (C=O) groups is 2. The molecule has 2 amide bonds. The van der Waals surface area contributed by atoms with Crippen molar-refractivity contribution in [3.05, 3.63) is 74.2 Å². The molecular formula is C17H16BrN3O4. The normalized spacial score (nSPS) is 11.4. The average Bonchev–Trinajstić information content (AvgIpc) is 2.60. The quantitative estimate of drug-likeness (QED) is 0.569. The first-order valence-electron chi connectivity index (χ1n) is 7.45. The molecule has 0 heterocycles. The van der Waals surface area contributed by atoms with Crippen molar-refractivity contribution in [2.45, 2.75) is 13.0 Å². The van der Waals surface area contributed by atoms with Crippen molar-refractivity contribution in [3.8, 4) is 0 Å². The third-order valence-corrected chi connectivity index (χ3v) is 4.20. The first-order chi connectivity index (χ1) is 11.9. The fraction of sp³-hybridized carbons (Fsp3) is 0.176. The van der Waals surface area contributed by atoms with Crippen LogP contribution in [-0.2, 0) is 4.79 Å². The van der Waals surface area contributed by atoms with Gasteiger partial charge in [0.1, 0.15) is 0 Å². The van der Waals surface area contributed by atoms with Gasteiger partial charge in [0, 0.05) is 22.2 Å². The molecule has 0 aliphatic carbocycles. The maximum absolute atomic E-state index is 12.0. The Morgan fingerprint density at radius 1 is 1.20 bits per heavy atom. The number of halogens is 1. The van der Waals surface area contributed by atoms with Crippen molar-refractivity contribution in [2.24, 2.45) is 0 Å². The molecule has 0 saturated carbocycles. The zero-order valence-corrected chi connectivity index (χ0v) is 14.9. The Morgan fingerprint density at radius 3 is 2.60 bits per heavy atom. The number of carbonyl (C=O) groups excluding carboxylic acids is 2. The summed E-state index contributed by atoms with van der Waals surface area (Å²) in [6, 6.07) is 12.6. The number of hydrogen-bond acceptors (Lipinski definition) is 4. The van der Waals surface area contributed by atoms with Gasteiger partial charge in [0.2, 0.25) is 5.91 Å². The summed E-state index contributed by atoms with van der Waals surface area (Å²) in [5.74, 6) is -0.908. The molecule has 0 bridgehead atoms. The average molecular weight is 406 g/mol. The predicted molar refractivity (Wildman–Crippen MR) is 96.1 cm³/mol. The number of nitrogens with zero attached hydrogens (tertiary/aromatic N) is 1. The van der Waals surface area contributed by atoms with Crippen LogP contribution in [0.5, 0.6) is 0 Å². The summed E-state index contributed by atoms with van der Waals surface area (Å²) in [7, 11) is 0. The van der Waals surface area contributed by atoms with Crippen LogP contribution in [0.3, 0.4) is 0 Å². The minimum Gasteiger partial charge on any atom is -0.348 e. The van der Waals surface area contributed by atoms with Crippen molar-refractivity contribution < 1.29 is 14.5 Å². The highest BCUT2D eigenvalue weighted by molar-refractivity contribution is 9.10. The lowest BCUT2D eigenvalue weighted by atomic mass is 10.1. The Bertz CT molecular complexity index is 810. The van der Waals surface area contributed by atoms with Gasteiger partial charge in [-0.05, 0) is 24.6 Å². The van der Waals surface area contributed by atoms with Gasteiger partial charge in [-0.1, -0.05) is 40.2 Å². The van der Waals surface area contributed by atoms with E-state index < -0.39 is 10.8 Å². The second kappa shape index (κ2) is 8.39. The fourth-order valence-corrected chi connectivity index (χ4v) is 2.85. The van der Waals surface area contributed by atoms with E-state index in [0.717, 1.165) is 16.1 Å². The summed E-state index contributed by atoms with van der Waals surface area (Å²) in [5, 5.41) is 16.0. The maximum Gasteiger partial charge on any atom is 0.270 e. The number of nitrogens with one attached hydrogen (secondary N) is 2. The molecule has 2 rings (SSSR count). The lowest BCUT2D eigenvalue weighted by Crippen LogP contribution is -2.38. The highest BCUT2D eigenvalue weighted by atomic mass is 79.9. The molecule has 25 heavy (non-hydrogen) atoms. The van der Waals surface area contributed by atoms with Crippen molar-refractivity contribution in [1.82, 2.24) is 10.6 Å². The van der Waals surface area contributed by atoms with Crippen LogP contribution in [0, 0.1) is 10.1 Å².